The number of hydrogen-bond acceptors (Lipinski definition) is 4. The van der Waals surface area contributed by atoms with E-state index in [0.29, 0.717) is 6.42 Å². The summed E-state index contributed by atoms with van der Waals surface area (Å²) < 4.78 is 30.1. The predicted octanol–water partition coefficient (Wildman–Crippen LogP) is 4.46. The highest BCUT2D eigenvalue weighted by Crippen LogP contribution is 2.57. The molecule has 0 saturated heterocycles. The summed E-state index contributed by atoms with van der Waals surface area (Å²) >= 11 is 0. The summed E-state index contributed by atoms with van der Waals surface area (Å²) in [5.41, 5.74) is 4.37. The SMILES string of the molecule is C/C(=C\COP(=O)(O)OP(=O)(O)O)CCc1ccc(-c2ccccc2)cc1. The van der Waals surface area contributed by atoms with Crippen molar-refractivity contribution in [2.45, 2.75) is 19.8 Å². The van der Waals surface area contributed by atoms with Crippen LogP contribution in [0, 0.1) is 0 Å². The molecular formula is C18H22O7P2. The number of aryl methyl sites for hydroxylation is 1. The molecule has 1 atom stereocenters. The molecule has 0 heterocycles. The lowest BCUT2D eigenvalue weighted by Gasteiger charge is -2.11. The Morgan fingerprint density at radius 3 is 2.15 bits per heavy atom. The molecule has 0 aliphatic heterocycles. The summed E-state index contributed by atoms with van der Waals surface area (Å²) in [6.07, 6.45) is 3.07. The molecule has 0 saturated carbocycles. The lowest BCUT2D eigenvalue weighted by Crippen LogP contribution is -1.95. The monoisotopic (exact) mass is 412 g/mol. The lowest BCUT2D eigenvalue weighted by molar-refractivity contribution is 0.191. The normalized spacial score (nSPS) is 14.7. The summed E-state index contributed by atoms with van der Waals surface area (Å²) in [5.74, 6) is 0. The van der Waals surface area contributed by atoms with Crippen LogP contribution in [0.5, 0.6) is 0 Å². The molecule has 2 aromatic rings. The lowest BCUT2D eigenvalue weighted by atomic mass is 10.0. The Morgan fingerprint density at radius 1 is 0.963 bits per heavy atom. The molecular weight excluding hydrogens is 390 g/mol. The third-order valence-corrected chi connectivity index (χ3v) is 5.90. The van der Waals surface area contributed by atoms with Crippen molar-refractivity contribution in [3.8, 4) is 11.1 Å². The van der Waals surface area contributed by atoms with Crippen molar-refractivity contribution in [1.82, 2.24) is 0 Å². The molecule has 1 unspecified atom stereocenters. The largest absolute Gasteiger partial charge is 0.481 e. The molecule has 0 bridgehead atoms. The quantitative estimate of drug-likeness (QED) is 0.412. The first-order valence-corrected chi connectivity index (χ1v) is 11.2. The maximum atomic E-state index is 11.3. The van der Waals surface area contributed by atoms with Crippen LogP contribution < -0.4 is 0 Å². The number of phosphoric acid groups is 2. The van der Waals surface area contributed by atoms with Crippen LogP contribution in [0.25, 0.3) is 11.1 Å². The van der Waals surface area contributed by atoms with Gasteiger partial charge in [-0.3, -0.25) is 4.52 Å². The van der Waals surface area contributed by atoms with Gasteiger partial charge in [-0.1, -0.05) is 66.2 Å². The number of phosphoric ester groups is 1. The first-order chi connectivity index (χ1) is 12.6. The average molecular weight is 412 g/mol. The van der Waals surface area contributed by atoms with E-state index in [2.05, 4.69) is 45.2 Å². The second-order valence-electron chi connectivity index (χ2n) is 5.95. The molecule has 27 heavy (non-hydrogen) atoms. The average Bonchev–Trinajstić information content (AvgIpc) is 2.59. The molecule has 2 rings (SSSR count). The molecule has 2 aromatic carbocycles. The van der Waals surface area contributed by atoms with Gasteiger partial charge in [-0.15, -0.1) is 0 Å². The maximum absolute atomic E-state index is 11.3. The summed E-state index contributed by atoms with van der Waals surface area (Å²) in [6.45, 7) is 1.56. The van der Waals surface area contributed by atoms with Crippen molar-refractivity contribution in [3.05, 3.63) is 71.8 Å². The molecule has 0 aromatic heterocycles. The van der Waals surface area contributed by atoms with Gasteiger partial charge in [0.25, 0.3) is 0 Å². The van der Waals surface area contributed by atoms with Crippen molar-refractivity contribution >= 4 is 15.6 Å². The van der Waals surface area contributed by atoms with Crippen molar-refractivity contribution < 1.29 is 32.6 Å². The van der Waals surface area contributed by atoms with Gasteiger partial charge in [0, 0.05) is 0 Å². The zero-order valence-electron chi connectivity index (χ0n) is 14.8. The van der Waals surface area contributed by atoms with E-state index in [4.69, 9.17) is 9.79 Å². The van der Waals surface area contributed by atoms with Crippen molar-refractivity contribution in [3.63, 3.8) is 0 Å². The van der Waals surface area contributed by atoms with Crippen molar-refractivity contribution in [1.29, 1.82) is 0 Å². The second-order valence-corrected chi connectivity index (χ2v) is 8.78. The van der Waals surface area contributed by atoms with Crippen LogP contribution in [0.3, 0.4) is 0 Å². The van der Waals surface area contributed by atoms with E-state index in [1.54, 1.807) is 6.08 Å². The Labute approximate surface area is 158 Å². The maximum Gasteiger partial charge on any atom is 0.481 e. The Hall–Kier alpha value is -1.56. The van der Waals surface area contributed by atoms with E-state index in [-0.39, 0.29) is 6.61 Å². The van der Waals surface area contributed by atoms with E-state index in [9.17, 15) is 14.0 Å². The molecule has 9 heteroatoms. The van der Waals surface area contributed by atoms with Crippen LogP contribution in [-0.4, -0.2) is 21.3 Å². The van der Waals surface area contributed by atoms with E-state index in [0.717, 1.165) is 28.7 Å². The predicted molar refractivity (Wildman–Crippen MR) is 103 cm³/mol. The van der Waals surface area contributed by atoms with Crippen LogP contribution >= 0.6 is 15.6 Å². The van der Waals surface area contributed by atoms with Gasteiger partial charge in [0.15, 0.2) is 0 Å². The van der Waals surface area contributed by atoms with Gasteiger partial charge in [0.1, 0.15) is 0 Å². The van der Waals surface area contributed by atoms with Gasteiger partial charge in [-0.2, -0.15) is 4.31 Å². The van der Waals surface area contributed by atoms with Crippen LogP contribution in [0.4, 0.5) is 0 Å². The minimum absolute atomic E-state index is 0.285. The van der Waals surface area contributed by atoms with Crippen molar-refractivity contribution in [2.24, 2.45) is 0 Å². The Bertz CT molecular complexity index is 857. The number of hydrogen-bond donors (Lipinski definition) is 3. The van der Waals surface area contributed by atoms with Gasteiger partial charge in [0.05, 0.1) is 6.61 Å². The summed E-state index contributed by atoms with van der Waals surface area (Å²) in [7, 11) is -9.88. The molecule has 0 aliphatic rings. The van der Waals surface area contributed by atoms with E-state index >= 15 is 0 Å². The fraction of sp³-hybridized carbons (Fsp3) is 0.222. The zero-order chi connectivity index (χ0) is 19.9. The molecule has 0 spiro atoms. The Balaban J connectivity index is 1.83. The van der Waals surface area contributed by atoms with Crippen LogP contribution in [0.2, 0.25) is 0 Å². The number of rotatable bonds is 9. The highest BCUT2D eigenvalue weighted by atomic mass is 31.3. The minimum Gasteiger partial charge on any atom is -0.302 e. The van der Waals surface area contributed by atoms with Gasteiger partial charge in [-0.25, -0.2) is 9.13 Å². The van der Waals surface area contributed by atoms with Crippen LogP contribution in [-0.2, 0) is 24.4 Å². The van der Waals surface area contributed by atoms with E-state index in [1.165, 1.54) is 0 Å². The Kier molecular flexibility index (Phi) is 7.71. The number of benzene rings is 2. The fourth-order valence-corrected chi connectivity index (χ4v) is 3.90. The summed E-state index contributed by atoms with van der Waals surface area (Å²) in [4.78, 5) is 26.2. The standard InChI is InChI=1S/C18H22O7P2/c1-15(13-14-24-27(22,23)25-26(19,20)21)7-8-16-9-11-18(12-10-16)17-5-3-2-4-6-17/h2-6,9-13H,7-8,14H2,1H3,(H,22,23)(H2,19,20,21)/b15-13+. The summed E-state index contributed by atoms with van der Waals surface area (Å²) in [5, 5.41) is 0. The minimum atomic E-state index is -5.09. The molecule has 146 valence electrons. The number of allylic oxidation sites excluding steroid dienone is 1. The molecule has 0 amide bonds. The zero-order valence-corrected chi connectivity index (χ0v) is 16.6. The molecule has 0 fully saturated rings. The first-order valence-electron chi connectivity index (χ1n) is 8.19. The van der Waals surface area contributed by atoms with E-state index < -0.39 is 15.6 Å². The molecule has 7 nitrogen and oxygen atoms in total. The molecule has 0 aliphatic carbocycles. The first kappa shape index (κ1) is 21.7. The van der Waals surface area contributed by atoms with Gasteiger partial charge in [-0.05, 0) is 36.5 Å². The second kappa shape index (κ2) is 9.58. The Morgan fingerprint density at radius 2 is 1.56 bits per heavy atom. The highest BCUT2D eigenvalue weighted by Gasteiger charge is 2.31. The summed E-state index contributed by atoms with van der Waals surface area (Å²) in [6, 6.07) is 18.3. The van der Waals surface area contributed by atoms with Crippen molar-refractivity contribution in [2.75, 3.05) is 6.61 Å². The van der Waals surface area contributed by atoms with Crippen LogP contribution in [0.15, 0.2) is 66.2 Å². The molecule has 0 radical (unpaired) electrons. The third-order valence-electron chi connectivity index (χ3n) is 3.75. The highest BCUT2D eigenvalue weighted by molar-refractivity contribution is 7.60. The molecule has 3 N–H and O–H groups in total. The van der Waals surface area contributed by atoms with Gasteiger partial charge in [0.2, 0.25) is 0 Å². The topological polar surface area (TPSA) is 113 Å². The van der Waals surface area contributed by atoms with Gasteiger partial charge >= 0.3 is 15.6 Å². The van der Waals surface area contributed by atoms with E-state index in [1.807, 2.05) is 25.1 Å². The third kappa shape index (κ3) is 8.33. The smallest absolute Gasteiger partial charge is 0.302 e. The van der Waals surface area contributed by atoms with Crippen LogP contribution in [0.1, 0.15) is 18.9 Å². The van der Waals surface area contributed by atoms with Gasteiger partial charge < -0.3 is 14.7 Å². The fourth-order valence-electron chi connectivity index (χ4n) is 2.37.